The fourth-order valence-corrected chi connectivity index (χ4v) is 6.80. The zero-order chi connectivity index (χ0) is 27.5. The fraction of sp³-hybridized carbons (Fsp3) is 0.613. The highest BCUT2D eigenvalue weighted by Crippen LogP contribution is 2.35. The van der Waals surface area contributed by atoms with Crippen LogP contribution in [-0.4, -0.2) is 64.9 Å². The van der Waals surface area contributed by atoms with E-state index in [4.69, 9.17) is 10.7 Å². The molecule has 4 aliphatic rings. The van der Waals surface area contributed by atoms with Crippen molar-refractivity contribution < 1.29 is 9.59 Å². The Morgan fingerprint density at radius 2 is 1.62 bits per heavy atom. The summed E-state index contributed by atoms with van der Waals surface area (Å²) in [5, 5.41) is 6.60. The van der Waals surface area contributed by atoms with E-state index in [0.717, 1.165) is 56.8 Å². The largest absolute Gasteiger partial charge is 0.364 e. The molecule has 2 aliphatic carbocycles. The number of rotatable bonds is 8. The molecule has 6 rings (SSSR count). The highest BCUT2D eigenvalue weighted by Gasteiger charge is 2.32. The number of carbonyl (C=O) groups excluding carboxylic acids is 2. The Morgan fingerprint density at radius 1 is 0.875 bits per heavy atom. The molecule has 2 saturated carbocycles. The van der Waals surface area contributed by atoms with Crippen LogP contribution in [0.5, 0.6) is 0 Å². The summed E-state index contributed by atoms with van der Waals surface area (Å²) in [6.07, 6.45) is 14.2. The van der Waals surface area contributed by atoms with Crippen LogP contribution in [0.1, 0.15) is 92.6 Å². The molecule has 0 bridgehead atoms. The Morgan fingerprint density at radius 3 is 2.33 bits per heavy atom. The summed E-state index contributed by atoms with van der Waals surface area (Å²) in [7, 11) is 0. The number of anilines is 3. The van der Waals surface area contributed by atoms with Crippen molar-refractivity contribution in [3.05, 3.63) is 41.7 Å². The van der Waals surface area contributed by atoms with Crippen molar-refractivity contribution in [2.24, 2.45) is 11.7 Å². The molecule has 3 heterocycles. The monoisotopic (exact) mass is 545 g/mol. The van der Waals surface area contributed by atoms with E-state index in [-0.39, 0.29) is 23.6 Å². The van der Waals surface area contributed by atoms with Crippen LogP contribution < -0.4 is 21.3 Å². The molecule has 1 atom stereocenters. The number of nitrogens with one attached hydrogen (secondary N) is 2. The quantitative estimate of drug-likeness (QED) is 0.452. The van der Waals surface area contributed by atoms with E-state index in [9.17, 15) is 9.59 Å². The van der Waals surface area contributed by atoms with E-state index in [1.165, 1.54) is 50.8 Å². The second kappa shape index (κ2) is 12.1. The molecule has 9 heteroatoms. The number of nitrogens with zero attached hydrogens (tertiary/aromatic N) is 4. The molecule has 4 fully saturated rings. The third-order valence-electron chi connectivity index (χ3n) is 9.30. The normalized spacial score (nSPS) is 23.1. The van der Waals surface area contributed by atoms with Crippen LogP contribution in [0.3, 0.4) is 0 Å². The minimum Gasteiger partial charge on any atom is -0.364 e. The van der Waals surface area contributed by atoms with Gasteiger partial charge in [0.15, 0.2) is 11.5 Å². The SMILES string of the molecule is NC(=O)c1ncc(N2CCCC(NC(=O)C3CCCCC3)C2)nc1Nc1ccc(C2CCN(C3CC3)CC2)cc1. The number of aromatic nitrogens is 2. The molecule has 2 aliphatic heterocycles. The predicted molar refractivity (Wildman–Crippen MR) is 157 cm³/mol. The van der Waals surface area contributed by atoms with Crippen molar-refractivity contribution in [2.45, 2.75) is 88.6 Å². The molecule has 2 aromatic rings. The highest BCUT2D eigenvalue weighted by molar-refractivity contribution is 5.96. The molecular formula is C31H43N7O2. The van der Waals surface area contributed by atoms with E-state index in [0.29, 0.717) is 24.1 Å². The first kappa shape index (κ1) is 27.0. The van der Waals surface area contributed by atoms with Gasteiger partial charge in [0, 0.05) is 36.8 Å². The number of nitrogens with two attached hydrogens (primary N) is 1. The summed E-state index contributed by atoms with van der Waals surface area (Å²) in [4.78, 5) is 39.0. The Labute approximate surface area is 237 Å². The molecule has 0 radical (unpaired) electrons. The van der Waals surface area contributed by atoms with Gasteiger partial charge in [-0.05, 0) is 88.1 Å². The molecule has 40 heavy (non-hydrogen) atoms. The lowest BCUT2D eigenvalue weighted by molar-refractivity contribution is -0.126. The molecule has 9 nitrogen and oxygen atoms in total. The number of carbonyl (C=O) groups is 2. The first-order valence-corrected chi connectivity index (χ1v) is 15.4. The zero-order valence-corrected chi connectivity index (χ0v) is 23.5. The van der Waals surface area contributed by atoms with Gasteiger partial charge in [0.1, 0.15) is 5.82 Å². The van der Waals surface area contributed by atoms with Crippen molar-refractivity contribution >= 4 is 29.1 Å². The molecule has 2 amide bonds. The number of benzene rings is 1. The van der Waals surface area contributed by atoms with Crippen LogP contribution in [0.25, 0.3) is 0 Å². The molecule has 2 saturated heterocycles. The lowest BCUT2D eigenvalue weighted by Crippen LogP contribution is -2.49. The van der Waals surface area contributed by atoms with E-state index in [1.54, 1.807) is 6.20 Å². The summed E-state index contributed by atoms with van der Waals surface area (Å²) in [6, 6.07) is 9.41. The number of amides is 2. The third kappa shape index (κ3) is 6.40. The van der Waals surface area contributed by atoms with Gasteiger partial charge in [-0.2, -0.15) is 0 Å². The molecule has 4 N–H and O–H groups in total. The summed E-state index contributed by atoms with van der Waals surface area (Å²) in [5.41, 5.74) is 8.00. The van der Waals surface area contributed by atoms with E-state index in [2.05, 4.69) is 49.7 Å². The van der Waals surface area contributed by atoms with E-state index >= 15 is 0 Å². The summed E-state index contributed by atoms with van der Waals surface area (Å²) in [6.45, 7) is 3.90. The van der Waals surface area contributed by atoms with Gasteiger partial charge in [0.2, 0.25) is 5.91 Å². The maximum absolute atomic E-state index is 12.8. The van der Waals surface area contributed by atoms with Gasteiger partial charge >= 0.3 is 0 Å². The lowest BCUT2D eigenvalue weighted by Gasteiger charge is -2.35. The van der Waals surface area contributed by atoms with Crippen molar-refractivity contribution in [1.82, 2.24) is 20.2 Å². The van der Waals surface area contributed by atoms with Crippen molar-refractivity contribution in [3.63, 3.8) is 0 Å². The van der Waals surface area contributed by atoms with Gasteiger partial charge in [-0.3, -0.25) is 9.59 Å². The van der Waals surface area contributed by atoms with Crippen LogP contribution in [0.2, 0.25) is 0 Å². The van der Waals surface area contributed by atoms with Gasteiger partial charge < -0.3 is 26.2 Å². The fourth-order valence-electron chi connectivity index (χ4n) is 6.80. The van der Waals surface area contributed by atoms with Crippen LogP contribution in [0, 0.1) is 5.92 Å². The lowest BCUT2D eigenvalue weighted by atomic mass is 9.88. The van der Waals surface area contributed by atoms with E-state index in [1.807, 2.05) is 0 Å². The average Bonchev–Trinajstić information content (AvgIpc) is 3.84. The highest BCUT2D eigenvalue weighted by atomic mass is 16.2. The topological polar surface area (TPSA) is 116 Å². The minimum atomic E-state index is -0.614. The second-order valence-electron chi connectivity index (χ2n) is 12.2. The number of likely N-dealkylation sites (tertiary alicyclic amines) is 1. The van der Waals surface area contributed by atoms with Gasteiger partial charge in [-0.1, -0.05) is 31.4 Å². The summed E-state index contributed by atoms with van der Waals surface area (Å²) in [5.74, 6) is 1.38. The standard InChI is InChI=1S/C31H43N7O2/c32-29(39)28-30(34-24-10-8-21(9-11-24)22-14-17-37(18-15-22)26-12-13-26)36-27(19-33-28)38-16-4-7-25(20-38)35-31(40)23-5-2-1-3-6-23/h8-11,19,22-23,25-26H,1-7,12-18,20H2,(H2,32,39)(H,34,36)(H,35,40). The molecule has 214 valence electrons. The van der Waals surface area contributed by atoms with Crippen LogP contribution in [-0.2, 0) is 4.79 Å². The third-order valence-corrected chi connectivity index (χ3v) is 9.30. The summed E-state index contributed by atoms with van der Waals surface area (Å²) < 4.78 is 0. The first-order valence-electron chi connectivity index (χ1n) is 15.4. The molecule has 1 unspecified atom stereocenters. The number of hydrogen-bond acceptors (Lipinski definition) is 7. The Hall–Kier alpha value is -3.20. The van der Waals surface area contributed by atoms with Gasteiger partial charge in [0.25, 0.3) is 5.91 Å². The number of piperidine rings is 2. The zero-order valence-electron chi connectivity index (χ0n) is 23.5. The van der Waals surface area contributed by atoms with Crippen LogP contribution in [0.4, 0.5) is 17.3 Å². The minimum absolute atomic E-state index is 0.0842. The molecule has 1 aromatic heterocycles. The smallest absolute Gasteiger partial charge is 0.271 e. The molecule has 1 aromatic carbocycles. The van der Waals surface area contributed by atoms with E-state index < -0.39 is 5.91 Å². The van der Waals surface area contributed by atoms with Crippen LogP contribution in [0.15, 0.2) is 30.5 Å². The number of hydrogen-bond donors (Lipinski definition) is 3. The summed E-state index contributed by atoms with van der Waals surface area (Å²) >= 11 is 0. The van der Waals surface area contributed by atoms with Gasteiger partial charge in [0.05, 0.1) is 6.20 Å². The average molecular weight is 546 g/mol. The second-order valence-corrected chi connectivity index (χ2v) is 12.2. The van der Waals surface area contributed by atoms with Crippen LogP contribution >= 0.6 is 0 Å². The maximum atomic E-state index is 12.8. The van der Waals surface area contributed by atoms with Crippen molar-refractivity contribution in [2.75, 3.05) is 36.4 Å². The van der Waals surface area contributed by atoms with Crippen molar-refractivity contribution in [1.29, 1.82) is 0 Å². The van der Waals surface area contributed by atoms with Crippen molar-refractivity contribution in [3.8, 4) is 0 Å². The Balaban J connectivity index is 1.10. The first-order chi connectivity index (χ1) is 19.5. The Bertz CT molecular complexity index is 1180. The number of primary amides is 1. The maximum Gasteiger partial charge on any atom is 0.271 e. The molecule has 0 spiro atoms. The van der Waals surface area contributed by atoms with Gasteiger partial charge in [-0.15, -0.1) is 0 Å². The Kier molecular flexibility index (Phi) is 8.18. The predicted octanol–water partition coefficient (Wildman–Crippen LogP) is 4.33. The molecular weight excluding hydrogens is 502 g/mol. The van der Waals surface area contributed by atoms with Gasteiger partial charge in [-0.25, -0.2) is 9.97 Å².